The minimum Gasteiger partial charge on any atom is -0.355 e. The maximum atomic E-state index is 12.5. The molecule has 0 saturated carbocycles. The first-order valence-electron chi connectivity index (χ1n) is 9.84. The van der Waals surface area contributed by atoms with Gasteiger partial charge in [0, 0.05) is 30.8 Å². The average Bonchev–Trinajstić information content (AvgIpc) is 3.21. The van der Waals surface area contributed by atoms with Crippen LogP contribution in [0.25, 0.3) is 11.3 Å². The zero-order valence-corrected chi connectivity index (χ0v) is 16.4. The summed E-state index contributed by atoms with van der Waals surface area (Å²) in [6, 6.07) is 18.4. The van der Waals surface area contributed by atoms with Gasteiger partial charge in [-0.25, -0.2) is 0 Å². The Labute approximate surface area is 165 Å². The molecule has 1 amide bonds. The molecule has 144 valence electrons. The fourth-order valence-electron chi connectivity index (χ4n) is 3.64. The second-order valence-corrected chi connectivity index (χ2v) is 7.54. The molecule has 0 spiro atoms. The van der Waals surface area contributed by atoms with Crippen molar-refractivity contribution in [2.45, 2.75) is 32.7 Å². The third kappa shape index (κ3) is 3.93. The molecule has 2 aromatic carbocycles. The van der Waals surface area contributed by atoms with Crippen molar-refractivity contribution < 1.29 is 4.79 Å². The van der Waals surface area contributed by atoms with E-state index in [-0.39, 0.29) is 11.9 Å². The molecule has 4 rings (SSSR count). The van der Waals surface area contributed by atoms with Gasteiger partial charge in [0.1, 0.15) is 0 Å². The molecule has 5 heteroatoms. The van der Waals surface area contributed by atoms with Crippen molar-refractivity contribution in [1.29, 1.82) is 0 Å². The van der Waals surface area contributed by atoms with Gasteiger partial charge in [0.05, 0.1) is 5.69 Å². The molecule has 1 aliphatic rings. The molecule has 1 fully saturated rings. The van der Waals surface area contributed by atoms with Crippen LogP contribution in [0, 0.1) is 13.8 Å². The summed E-state index contributed by atoms with van der Waals surface area (Å²) in [7, 11) is 0. The molecule has 1 aromatic heterocycles. The molecule has 0 atom stereocenters. The minimum atomic E-state index is 0.0210. The highest BCUT2D eigenvalue weighted by atomic mass is 16.1. The third-order valence-electron chi connectivity index (χ3n) is 5.57. The zero-order chi connectivity index (χ0) is 19.5. The number of nitrogens with one attached hydrogen (secondary N) is 2. The predicted molar refractivity (Wildman–Crippen MR) is 113 cm³/mol. The Morgan fingerprint density at radius 2 is 1.79 bits per heavy atom. The Hall–Kier alpha value is -3.08. The number of piperidine rings is 1. The fourth-order valence-corrected chi connectivity index (χ4v) is 3.64. The molecular weight excluding hydrogens is 348 g/mol. The summed E-state index contributed by atoms with van der Waals surface area (Å²) in [6.07, 6.45) is 1.84. The number of amides is 1. The van der Waals surface area contributed by atoms with E-state index in [1.54, 1.807) is 0 Å². The lowest BCUT2D eigenvalue weighted by molar-refractivity contribution is 0.0931. The minimum absolute atomic E-state index is 0.0210. The lowest BCUT2D eigenvalue weighted by Crippen LogP contribution is -2.44. The highest BCUT2D eigenvalue weighted by Crippen LogP contribution is 2.24. The number of anilines is 1. The number of carbonyl (C=O) groups excluding carboxylic acids is 1. The number of benzene rings is 2. The summed E-state index contributed by atoms with van der Waals surface area (Å²) in [4.78, 5) is 14.8. The summed E-state index contributed by atoms with van der Waals surface area (Å²) in [5.41, 5.74) is 5.26. The number of H-pyrrole nitrogens is 1. The van der Waals surface area contributed by atoms with E-state index < -0.39 is 0 Å². The van der Waals surface area contributed by atoms with Gasteiger partial charge in [0.2, 0.25) is 0 Å². The number of hydrogen-bond acceptors (Lipinski definition) is 3. The number of nitrogens with zero attached hydrogens (tertiary/aromatic N) is 2. The third-order valence-corrected chi connectivity index (χ3v) is 5.57. The van der Waals surface area contributed by atoms with E-state index in [4.69, 9.17) is 0 Å². The second kappa shape index (κ2) is 7.89. The Balaban J connectivity index is 1.34. The number of aromatic nitrogens is 2. The summed E-state index contributed by atoms with van der Waals surface area (Å²) >= 11 is 0. The van der Waals surface area contributed by atoms with Crippen molar-refractivity contribution in [3.05, 3.63) is 71.3 Å². The molecule has 28 heavy (non-hydrogen) atoms. The van der Waals surface area contributed by atoms with E-state index in [0.717, 1.165) is 54.1 Å². The fraction of sp³-hybridized carbons (Fsp3) is 0.304. The van der Waals surface area contributed by atoms with Crippen molar-refractivity contribution >= 4 is 11.7 Å². The number of hydrogen-bond donors (Lipinski definition) is 2. The smallest absolute Gasteiger partial charge is 0.251 e. The summed E-state index contributed by atoms with van der Waals surface area (Å²) in [6.45, 7) is 5.87. The van der Waals surface area contributed by atoms with Crippen LogP contribution in [-0.2, 0) is 0 Å². The quantitative estimate of drug-likeness (QED) is 0.723. The highest BCUT2D eigenvalue weighted by molar-refractivity contribution is 5.94. The van der Waals surface area contributed by atoms with Crippen molar-refractivity contribution in [2.24, 2.45) is 0 Å². The second-order valence-electron chi connectivity index (χ2n) is 7.54. The first-order chi connectivity index (χ1) is 13.6. The van der Waals surface area contributed by atoms with Crippen LogP contribution >= 0.6 is 0 Å². The number of aromatic amines is 1. The molecule has 2 N–H and O–H groups in total. The highest BCUT2D eigenvalue weighted by Gasteiger charge is 2.23. The van der Waals surface area contributed by atoms with Crippen molar-refractivity contribution in [3.63, 3.8) is 0 Å². The lowest BCUT2D eigenvalue weighted by atomic mass is 10.0. The Morgan fingerprint density at radius 1 is 1.04 bits per heavy atom. The van der Waals surface area contributed by atoms with E-state index in [2.05, 4.69) is 45.5 Å². The van der Waals surface area contributed by atoms with Crippen LogP contribution in [0.5, 0.6) is 0 Å². The van der Waals surface area contributed by atoms with E-state index in [1.165, 1.54) is 5.56 Å². The molecule has 5 nitrogen and oxygen atoms in total. The van der Waals surface area contributed by atoms with Crippen LogP contribution < -0.4 is 10.2 Å². The zero-order valence-electron chi connectivity index (χ0n) is 16.4. The lowest BCUT2D eigenvalue weighted by Gasteiger charge is -2.32. The first kappa shape index (κ1) is 18.3. The molecule has 0 unspecified atom stereocenters. The van der Waals surface area contributed by atoms with Crippen LogP contribution in [0.3, 0.4) is 0 Å². The maximum Gasteiger partial charge on any atom is 0.251 e. The topological polar surface area (TPSA) is 61.0 Å². The van der Waals surface area contributed by atoms with Crippen LogP contribution in [0.1, 0.15) is 34.3 Å². The van der Waals surface area contributed by atoms with Gasteiger partial charge in [-0.3, -0.25) is 9.89 Å². The molecule has 1 saturated heterocycles. The number of carbonyl (C=O) groups is 1. The Kier molecular flexibility index (Phi) is 5.15. The van der Waals surface area contributed by atoms with Gasteiger partial charge in [-0.05, 0) is 55.5 Å². The van der Waals surface area contributed by atoms with Gasteiger partial charge in [-0.2, -0.15) is 5.10 Å². The van der Waals surface area contributed by atoms with Crippen molar-refractivity contribution in [3.8, 4) is 11.3 Å². The Bertz CT molecular complexity index is 956. The first-order valence-corrected chi connectivity index (χ1v) is 9.84. The van der Waals surface area contributed by atoms with Crippen LogP contribution in [0.15, 0.2) is 54.6 Å². The normalized spacial score (nSPS) is 14.9. The molecule has 0 radical (unpaired) electrons. The van der Waals surface area contributed by atoms with Gasteiger partial charge in [0.25, 0.3) is 5.91 Å². The van der Waals surface area contributed by atoms with E-state index in [9.17, 15) is 4.79 Å². The van der Waals surface area contributed by atoms with Gasteiger partial charge in [0.15, 0.2) is 5.82 Å². The van der Waals surface area contributed by atoms with Gasteiger partial charge >= 0.3 is 0 Å². The summed E-state index contributed by atoms with van der Waals surface area (Å²) < 4.78 is 0. The SMILES string of the molecule is Cc1ccc(C(=O)NC2CCN(c3cc(-c4ccccc4)[nH]n3)CC2)cc1C. The molecular formula is C23H26N4O. The summed E-state index contributed by atoms with van der Waals surface area (Å²) in [5, 5.41) is 10.8. The van der Waals surface area contributed by atoms with Gasteiger partial charge in [-0.15, -0.1) is 0 Å². The average molecular weight is 374 g/mol. The van der Waals surface area contributed by atoms with Gasteiger partial charge < -0.3 is 10.2 Å². The van der Waals surface area contributed by atoms with Crippen LogP contribution in [0.2, 0.25) is 0 Å². The largest absolute Gasteiger partial charge is 0.355 e. The van der Waals surface area contributed by atoms with E-state index in [0.29, 0.717) is 0 Å². The molecule has 0 bridgehead atoms. The van der Waals surface area contributed by atoms with Gasteiger partial charge in [-0.1, -0.05) is 36.4 Å². The standard InChI is InChI=1S/C23H26N4O/c1-16-8-9-19(14-17(16)2)23(28)24-20-10-12-27(13-11-20)22-15-21(25-26-22)18-6-4-3-5-7-18/h3-9,14-15,20H,10-13H2,1-2H3,(H,24,28)(H,25,26). The molecule has 1 aliphatic heterocycles. The maximum absolute atomic E-state index is 12.5. The van der Waals surface area contributed by atoms with Crippen molar-refractivity contribution in [2.75, 3.05) is 18.0 Å². The van der Waals surface area contributed by atoms with Crippen LogP contribution in [-0.4, -0.2) is 35.2 Å². The van der Waals surface area contributed by atoms with E-state index in [1.807, 2.05) is 43.3 Å². The molecule has 3 aromatic rings. The monoisotopic (exact) mass is 374 g/mol. The predicted octanol–water partition coefficient (Wildman–Crippen LogP) is 4.09. The van der Waals surface area contributed by atoms with Crippen LogP contribution in [0.4, 0.5) is 5.82 Å². The van der Waals surface area contributed by atoms with Crippen molar-refractivity contribution in [1.82, 2.24) is 15.5 Å². The number of rotatable bonds is 4. The molecule has 2 heterocycles. The molecule has 0 aliphatic carbocycles. The summed E-state index contributed by atoms with van der Waals surface area (Å²) in [5.74, 6) is 0.991. The van der Waals surface area contributed by atoms with E-state index >= 15 is 0 Å². The number of aryl methyl sites for hydroxylation is 2. The Morgan fingerprint density at radius 3 is 2.50 bits per heavy atom.